The third-order valence-corrected chi connectivity index (χ3v) is 4.60. The molecule has 1 aliphatic rings. The number of thioether (sulfide) groups is 1. The zero-order valence-electron chi connectivity index (χ0n) is 12.8. The molecule has 2 nitrogen and oxygen atoms in total. The molecule has 0 aliphatic carbocycles. The minimum atomic E-state index is 0.326. The summed E-state index contributed by atoms with van der Waals surface area (Å²) in [5.74, 6) is 1.87. The predicted octanol–water partition coefficient (Wildman–Crippen LogP) is 4.63. The minimum absolute atomic E-state index is 0.326. The van der Waals surface area contributed by atoms with Gasteiger partial charge in [-0.25, -0.2) is 0 Å². The second-order valence-electron chi connectivity index (χ2n) is 6.04. The van der Waals surface area contributed by atoms with E-state index >= 15 is 0 Å². The molecule has 2 rings (SSSR count). The summed E-state index contributed by atoms with van der Waals surface area (Å²) in [4.78, 5) is 4.81. The molecule has 0 amide bonds. The van der Waals surface area contributed by atoms with Crippen molar-refractivity contribution in [1.82, 2.24) is 5.32 Å². The molecule has 1 N–H and O–H groups in total. The second kappa shape index (κ2) is 7.72. The molecule has 110 valence electrons. The topological polar surface area (TPSA) is 24.4 Å². The molecule has 0 radical (unpaired) electrons. The van der Waals surface area contributed by atoms with Crippen LogP contribution in [0.2, 0.25) is 0 Å². The molecule has 0 spiro atoms. The SMILES string of the molecule is CC(C)CCCC(C)NC1=NC(c2ccccc2)CS1. The third-order valence-electron chi connectivity index (χ3n) is 3.62. The van der Waals surface area contributed by atoms with Crippen molar-refractivity contribution in [3.63, 3.8) is 0 Å². The van der Waals surface area contributed by atoms with Crippen molar-refractivity contribution in [2.24, 2.45) is 10.9 Å². The summed E-state index contributed by atoms with van der Waals surface area (Å²) in [6, 6.07) is 11.4. The molecule has 0 saturated heterocycles. The van der Waals surface area contributed by atoms with E-state index in [0.717, 1.165) is 16.8 Å². The fourth-order valence-corrected chi connectivity index (χ4v) is 3.48. The lowest BCUT2D eigenvalue weighted by atomic mass is 10.0. The highest BCUT2D eigenvalue weighted by Gasteiger charge is 2.20. The maximum Gasteiger partial charge on any atom is 0.157 e. The standard InChI is InChI=1S/C17H26N2S/c1-13(2)8-7-9-14(3)18-17-19-16(12-20-17)15-10-5-4-6-11-15/h4-6,10-11,13-14,16H,7-9,12H2,1-3H3,(H,18,19). The summed E-state index contributed by atoms with van der Waals surface area (Å²) < 4.78 is 0. The van der Waals surface area contributed by atoms with Crippen LogP contribution in [0.4, 0.5) is 0 Å². The number of nitrogens with one attached hydrogen (secondary N) is 1. The number of amidine groups is 1. The van der Waals surface area contributed by atoms with Gasteiger partial charge in [0.2, 0.25) is 0 Å². The van der Waals surface area contributed by atoms with Crippen LogP contribution in [0.5, 0.6) is 0 Å². The lowest BCUT2D eigenvalue weighted by molar-refractivity contribution is 0.495. The molecule has 1 aromatic carbocycles. The van der Waals surface area contributed by atoms with Gasteiger partial charge in [-0.3, -0.25) is 4.99 Å². The molecular formula is C17H26N2S. The lowest BCUT2D eigenvalue weighted by Gasteiger charge is -2.14. The summed E-state index contributed by atoms with van der Waals surface area (Å²) in [6.07, 6.45) is 3.85. The molecule has 1 aliphatic heterocycles. The first-order valence-corrected chi connectivity index (χ1v) is 8.66. The highest BCUT2D eigenvalue weighted by atomic mass is 32.2. The second-order valence-corrected chi connectivity index (χ2v) is 7.05. The van der Waals surface area contributed by atoms with Gasteiger partial charge in [-0.05, 0) is 24.8 Å². The van der Waals surface area contributed by atoms with Crippen LogP contribution in [0.15, 0.2) is 35.3 Å². The molecule has 0 fully saturated rings. The van der Waals surface area contributed by atoms with Crippen LogP contribution in [-0.2, 0) is 0 Å². The van der Waals surface area contributed by atoms with Crippen LogP contribution in [0.1, 0.15) is 51.6 Å². The number of rotatable bonds is 6. The highest BCUT2D eigenvalue weighted by Crippen LogP contribution is 2.29. The first kappa shape index (κ1) is 15.4. The van der Waals surface area contributed by atoms with Gasteiger partial charge in [-0.1, -0.05) is 68.8 Å². The Morgan fingerprint density at radius 1 is 1.20 bits per heavy atom. The predicted molar refractivity (Wildman–Crippen MR) is 90.4 cm³/mol. The molecular weight excluding hydrogens is 264 g/mol. The number of nitrogens with zero attached hydrogens (tertiary/aromatic N) is 1. The molecule has 1 heterocycles. The Kier molecular flexibility index (Phi) is 5.96. The van der Waals surface area contributed by atoms with Gasteiger partial charge in [0.25, 0.3) is 0 Å². The number of hydrogen-bond acceptors (Lipinski definition) is 3. The van der Waals surface area contributed by atoms with Crippen LogP contribution in [0.3, 0.4) is 0 Å². The molecule has 1 aromatic rings. The Hall–Kier alpha value is -0.960. The Morgan fingerprint density at radius 2 is 1.95 bits per heavy atom. The monoisotopic (exact) mass is 290 g/mol. The zero-order valence-corrected chi connectivity index (χ0v) is 13.6. The maximum absolute atomic E-state index is 4.81. The highest BCUT2D eigenvalue weighted by molar-refractivity contribution is 8.14. The van der Waals surface area contributed by atoms with Gasteiger partial charge in [0.05, 0.1) is 6.04 Å². The summed E-state index contributed by atoms with van der Waals surface area (Å²) in [5.41, 5.74) is 1.32. The molecule has 0 aromatic heterocycles. The maximum atomic E-state index is 4.81. The van der Waals surface area contributed by atoms with E-state index in [1.165, 1.54) is 24.8 Å². The molecule has 0 bridgehead atoms. The average Bonchev–Trinajstić information content (AvgIpc) is 2.88. The Balaban J connectivity index is 1.79. The summed E-state index contributed by atoms with van der Waals surface area (Å²) in [7, 11) is 0. The number of hydrogen-bond donors (Lipinski definition) is 1. The Labute approximate surface area is 127 Å². The van der Waals surface area contributed by atoms with Gasteiger partial charge in [0.1, 0.15) is 0 Å². The third kappa shape index (κ3) is 4.86. The van der Waals surface area contributed by atoms with E-state index in [9.17, 15) is 0 Å². The normalized spacial score (nSPS) is 20.0. The largest absolute Gasteiger partial charge is 0.362 e. The van der Waals surface area contributed by atoms with Crippen LogP contribution in [-0.4, -0.2) is 17.0 Å². The molecule has 2 unspecified atom stereocenters. The van der Waals surface area contributed by atoms with E-state index < -0.39 is 0 Å². The van der Waals surface area contributed by atoms with Crippen LogP contribution in [0.25, 0.3) is 0 Å². The molecule has 0 saturated carbocycles. The average molecular weight is 290 g/mol. The summed E-state index contributed by atoms with van der Waals surface area (Å²) in [6.45, 7) is 6.85. The van der Waals surface area contributed by atoms with Gasteiger partial charge in [-0.15, -0.1) is 0 Å². The first-order valence-electron chi connectivity index (χ1n) is 7.67. The van der Waals surface area contributed by atoms with Gasteiger partial charge in [0.15, 0.2) is 5.17 Å². The smallest absolute Gasteiger partial charge is 0.157 e. The van der Waals surface area contributed by atoms with Crippen molar-refractivity contribution in [1.29, 1.82) is 0 Å². The van der Waals surface area contributed by atoms with Gasteiger partial charge in [0, 0.05) is 11.8 Å². The van der Waals surface area contributed by atoms with Crippen molar-refractivity contribution >= 4 is 16.9 Å². The fraction of sp³-hybridized carbons (Fsp3) is 0.588. The van der Waals surface area contributed by atoms with Crippen LogP contribution >= 0.6 is 11.8 Å². The van der Waals surface area contributed by atoms with Crippen molar-refractivity contribution in [2.45, 2.75) is 52.1 Å². The Bertz CT molecular complexity index is 428. The number of benzene rings is 1. The van der Waals surface area contributed by atoms with Crippen molar-refractivity contribution in [3.8, 4) is 0 Å². The van der Waals surface area contributed by atoms with E-state index in [4.69, 9.17) is 4.99 Å². The van der Waals surface area contributed by atoms with E-state index in [1.807, 2.05) is 11.8 Å². The van der Waals surface area contributed by atoms with E-state index in [2.05, 4.69) is 56.4 Å². The van der Waals surface area contributed by atoms with Crippen LogP contribution in [0, 0.1) is 5.92 Å². The van der Waals surface area contributed by atoms with Gasteiger partial charge in [-0.2, -0.15) is 0 Å². The van der Waals surface area contributed by atoms with Crippen LogP contribution < -0.4 is 5.32 Å². The summed E-state index contributed by atoms with van der Waals surface area (Å²) in [5, 5.41) is 4.69. The van der Waals surface area contributed by atoms with Crippen molar-refractivity contribution in [2.75, 3.05) is 5.75 Å². The van der Waals surface area contributed by atoms with E-state index in [0.29, 0.717) is 12.1 Å². The quantitative estimate of drug-likeness (QED) is 0.825. The number of aliphatic imine (C=N–C) groups is 1. The minimum Gasteiger partial charge on any atom is -0.362 e. The van der Waals surface area contributed by atoms with Crippen molar-refractivity contribution < 1.29 is 0 Å². The zero-order chi connectivity index (χ0) is 14.4. The molecule has 20 heavy (non-hydrogen) atoms. The first-order chi connectivity index (χ1) is 9.65. The van der Waals surface area contributed by atoms with Crippen molar-refractivity contribution in [3.05, 3.63) is 35.9 Å². The summed E-state index contributed by atoms with van der Waals surface area (Å²) >= 11 is 1.85. The Morgan fingerprint density at radius 3 is 2.65 bits per heavy atom. The van der Waals surface area contributed by atoms with Gasteiger partial charge < -0.3 is 5.32 Å². The van der Waals surface area contributed by atoms with E-state index in [-0.39, 0.29) is 0 Å². The fourth-order valence-electron chi connectivity index (χ4n) is 2.41. The molecule has 3 heteroatoms. The van der Waals surface area contributed by atoms with E-state index in [1.54, 1.807) is 0 Å². The molecule has 2 atom stereocenters. The lowest BCUT2D eigenvalue weighted by Crippen LogP contribution is -2.29. The van der Waals surface area contributed by atoms with Gasteiger partial charge >= 0.3 is 0 Å².